The molecule has 9 heteroatoms. The number of aliphatic hydroxyl groups is 1. The van der Waals surface area contributed by atoms with Crippen molar-refractivity contribution in [2.45, 2.75) is 20.8 Å². The molecule has 0 fully saturated rings. The molecule has 3 N–H and O–H groups in total. The van der Waals surface area contributed by atoms with E-state index in [1.165, 1.54) is 4.57 Å². The number of aliphatic imine (C=N–C) groups is 1. The number of benzene rings is 1. The van der Waals surface area contributed by atoms with Crippen LogP contribution < -0.4 is 15.7 Å². The third-order valence-electron chi connectivity index (χ3n) is 4.45. The van der Waals surface area contributed by atoms with Gasteiger partial charge in [0.1, 0.15) is 18.2 Å². The van der Waals surface area contributed by atoms with Crippen molar-refractivity contribution in [2.24, 2.45) is 4.99 Å². The van der Waals surface area contributed by atoms with Gasteiger partial charge in [-0.1, -0.05) is 12.1 Å². The molecule has 31 heavy (non-hydrogen) atoms. The van der Waals surface area contributed by atoms with E-state index in [2.05, 4.69) is 27.0 Å². The molecule has 0 atom stereocenters. The number of aliphatic hydroxyl groups excluding tert-OH is 1. The number of H-pyrrole nitrogens is 1. The van der Waals surface area contributed by atoms with Gasteiger partial charge in [-0.25, -0.2) is 14.8 Å². The summed E-state index contributed by atoms with van der Waals surface area (Å²) in [6.07, 6.45) is 6.76. The van der Waals surface area contributed by atoms with E-state index in [9.17, 15) is 4.79 Å². The van der Waals surface area contributed by atoms with E-state index in [0.717, 1.165) is 11.3 Å². The molecule has 2 aromatic heterocycles. The van der Waals surface area contributed by atoms with Crippen molar-refractivity contribution < 1.29 is 14.3 Å². The third-order valence-corrected chi connectivity index (χ3v) is 4.45. The highest BCUT2D eigenvalue weighted by Gasteiger charge is 2.12. The highest BCUT2D eigenvalue weighted by atomic mass is 16.5. The van der Waals surface area contributed by atoms with Crippen molar-refractivity contribution in [3.05, 3.63) is 70.2 Å². The summed E-state index contributed by atoms with van der Waals surface area (Å²) in [5, 5.41) is 12.1. The van der Waals surface area contributed by atoms with Gasteiger partial charge < -0.3 is 24.6 Å². The molecule has 2 heterocycles. The van der Waals surface area contributed by atoms with Gasteiger partial charge in [0, 0.05) is 29.2 Å². The number of allylic oxidation sites excluding steroid dienone is 3. The molecule has 162 valence electrons. The van der Waals surface area contributed by atoms with Crippen molar-refractivity contribution in [1.29, 1.82) is 0 Å². The number of nitrogens with one attached hydrogen (secondary N) is 2. The van der Waals surface area contributed by atoms with E-state index in [-0.39, 0.29) is 18.9 Å². The average molecular weight is 423 g/mol. The maximum absolute atomic E-state index is 12.1. The Balaban J connectivity index is 1.84. The first-order valence-electron chi connectivity index (χ1n) is 9.66. The molecule has 0 aliphatic carbocycles. The van der Waals surface area contributed by atoms with Crippen LogP contribution in [0.4, 0.5) is 11.7 Å². The molecule has 0 aliphatic rings. The minimum absolute atomic E-state index is 0.0601. The number of rotatable bonds is 9. The fourth-order valence-electron chi connectivity index (χ4n) is 2.88. The van der Waals surface area contributed by atoms with Gasteiger partial charge in [0.05, 0.1) is 12.8 Å². The molecular weight excluding hydrogens is 398 g/mol. The monoisotopic (exact) mass is 423 g/mol. The van der Waals surface area contributed by atoms with Crippen LogP contribution in [-0.2, 0) is 0 Å². The summed E-state index contributed by atoms with van der Waals surface area (Å²) in [4.78, 5) is 23.0. The number of imidazole rings is 1. The molecule has 0 unspecified atom stereocenters. The predicted molar refractivity (Wildman–Crippen MR) is 121 cm³/mol. The van der Waals surface area contributed by atoms with Crippen LogP contribution in [0, 0.1) is 13.8 Å². The number of ether oxygens (including phenoxy) is 1. The van der Waals surface area contributed by atoms with Gasteiger partial charge in [0.2, 0.25) is 0 Å². The molecule has 0 saturated heterocycles. The lowest BCUT2D eigenvalue weighted by Crippen LogP contribution is -2.14. The van der Waals surface area contributed by atoms with Crippen LogP contribution in [0.1, 0.15) is 23.9 Å². The topological polar surface area (TPSA) is 118 Å². The predicted octanol–water partition coefficient (Wildman–Crippen LogP) is 3.50. The molecule has 0 amide bonds. The maximum atomic E-state index is 12.1. The van der Waals surface area contributed by atoms with Gasteiger partial charge in [-0.05, 0) is 45.2 Å². The fraction of sp³-hybridized carbons (Fsp3) is 0.227. The van der Waals surface area contributed by atoms with Crippen LogP contribution in [0.2, 0.25) is 0 Å². The molecule has 0 aliphatic heterocycles. The SMILES string of the molecule is C=NC(=CC(=CC)c1cnc(Nc2cc(OCCO)ccc2C)o1)n1cc(C)[nH]c1=O. The largest absolute Gasteiger partial charge is 0.491 e. The second-order valence-corrected chi connectivity index (χ2v) is 6.72. The Morgan fingerprint density at radius 2 is 2.26 bits per heavy atom. The summed E-state index contributed by atoms with van der Waals surface area (Å²) in [5.74, 6) is 1.48. The average Bonchev–Trinajstić information content (AvgIpc) is 3.35. The molecule has 0 radical (unpaired) electrons. The van der Waals surface area contributed by atoms with E-state index in [1.807, 2.05) is 38.1 Å². The minimum Gasteiger partial charge on any atom is -0.491 e. The van der Waals surface area contributed by atoms with Crippen molar-refractivity contribution in [2.75, 3.05) is 18.5 Å². The van der Waals surface area contributed by atoms with Crippen molar-refractivity contribution >= 4 is 29.8 Å². The van der Waals surface area contributed by atoms with Crippen LogP contribution in [0.3, 0.4) is 0 Å². The van der Waals surface area contributed by atoms with E-state index in [4.69, 9.17) is 14.3 Å². The fourth-order valence-corrected chi connectivity index (χ4v) is 2.88. The number of aromatic nitrogens is 3. The lowest BCUT2D eigenvalue weighted by atomic mass is 10.2. The van der Waals surface area contributed by atoms with Crippen LogP contribution >= 0.6 is 0 Å². The zero-order chi connectivity index (χ0) is 22.4. The van der Waals surface area contributed by atoms with E-state index in [1.54, 1.807) is 25.4 Å². The van der Waals surface area contributed by atoms with Gasteiger partial charge in [-0.2, -0.15) is 0 Å². The lowest BCUT2D eigenvalue weighted by molar-refractivity contribution is 0.201. The highest BCUT2D eigenvalue weighted by molar-refractivity contribution is 5.77. The summed E-state index contributed by atoms with van der Waals surface area (Å²) in [7, 11) is 0. The van der Waals surface area contributed by atoms with Crippen LogP contribution in [0.25, 0.3) is 11.4 Å². The normalized spacial score (nSPS) is 12.1. The summed E-state index contributed by atoms with van der Waals surface area (Å²) in [6.45, 7) is 9.30. The van der Waals surface area contributed by atoms with Gasteiger partial charge >= 0.3 is 5.69 Å². The standard InChI is InChI=1S/C22H25N5O4/c1-5-16(10-20(23-4)27-13-15(3)25-22(27)29)19-12-24-21(31-19)26-18-11-17(30-9-8-28)7-6-14(18)2/h5-7,10-13,28H,4,8-9H2,1-3H3,(H,24,26)(H,25,29). The Morgan fingerprint density at radius 1 is 1.45 bits per heavy atom. The van der Waals surface area contributed by atoms with Gasteiger partial charge in [-0.3, -0.25) is 4.57 Å². The minimum atomic E-state index is -0.301. The van der Waals surface area contributed by atoms with Gasteiger partial charge in [-0.15, -0.1) is 0 Å². The van der Waals surface area contributed by atoms with Crippen LogP contribution in [0.5, 0.6) is 5.75 Å². The van der Waals surface area contributed by atoms with Crippen molar-refractivity contribution in [3.63, 3.8) is 0 Å². The summed E-state index contributed by atoms with van der Waals surface area (Å²) < 4.78 is 12.7. The number of aromatic amines is 1. The molecular formula is C22H25N5O4. The number of nitrogens with zero attached hydrogens (tertiary/aromatic N) is 3. The molecule has 9 nitrogen and oxygen atoms in total. The van der Waals surface area contributed by atoms with Crippen molar-refractivity contribution in [1.82, 2.24) is 14.5 Å². The molecule has 1 aromatic carbocycles. The Morgan fingerprint density at radius 3 is 2.90 bits per heavy atom. The molecule has 0 bridgehead atoms. The second kappa shape index (κ2) is 9.77. The summed E-state index contributed by atoms with van der Waals surface area (Å²) in [6, 6.07) is 5.84. The maximum Gasteiger partial charge on any atom is 0.331 e. The summed E-state index contributed by atoms with van der Waals surface area (Å²) in [5.41, 5.74) is 2.84. The first-order valence-corrected chi connectivity index (χ1v) is 9.66. The van der Waals surface area contributed by atoms with Gasteiger partial charge in [0.25, 0.3) is 6.01 Å². The number of anilines is 2. The van der Waals surface area contributed by atoms with Crippen molar-refractivity contribution in [3.8, 4) is 5.75 Å². The molecule has 3 rings (SSSR count). The quantitative estimate of drug-likeness (QED) is 0.358. The second-order valence-electron chi connectivity index (χ2n) is 6.72. The van der Waals surface area contributed by atoms with E-state index in [0.29, 0.717) is 34.6 Å². The first kappa shape index (κ1) is 21.8. The van der Waals surface area contributed by atoms with E-state index >= 15 is 0 Å². The number of aryl methyl sites for hydroxylation is 2. The smallest absolute Gasteiger partial charge is 0.331 e. The van der Waals surface area contributed by atoms with Crippen LogP contribution in [0.15, 0.2) is 56.9 Å². The van der Waals surface area contributed by atoms with Crippen LogP contribution in [-0.4, -0.2) is 39.6 Å². The Hall–Kier alpha value is -3.85. The number of oxazole rings is 1. The summed E-state index contributed by atoms with van der Waals surface area (Å²) >= 11 is 0. The van der Waals surface area contributed by atoms with Gasteiger partial charge in [0.15, 0.2) is 5.76 Å². The zero-order valence-corrected chi connectivity index (χ0v) is 17.7. The van der Waals surface area contributed by atoms with E-state index < -0.39 is 0 Å². The first-order chi connectivity index (χ1) is 14.9. The number of hydrogen-bond acceptors (Lipinski definition) is 7. The molecule has 0 saturated carbocycles. The molecule has 0 spiro atoms. The Labute approximate surface area is 179 Å². The Bertz CT molecular complexity index is 1180. The lowest BCUT2D eigenvalue weighted by Gasteiger charge is -2.10. The molecule has 3 aromatic rings. The third kappa shape index (κ3) is 5.20. The number of hydrogen-bond donors (Lipinski definition) is 3. The zero-order valence-electron chi connectivity index (χ0n) is 17.7. The Kier molecular flexibility index (Phi) is 6.88. The highest BCUT2D eigenvalue weighted by Crippen LogP contribution is 2.27.